The van der Waals surface area contributed by atoms with Crippen LogP contribution < -0.4 is 5.32 Å². The molecule has 0 bridgehead atoms. The van der Waals surface area contributed by atoms with Crippen molar-refractivity contribution in [2.75, 3.05) is 5.32 Å². The summed E-state index contributed by atoms with van der Waals surface area (Å²) in [4.78, 5) is 16.5. The van der Waals surface area contributed by atoms with Crippen LogP contribution in [0.3, 0.4) is 0 Å². The number of aryl methyl sites for hydroxylation is 2. The summed E-state index contributed by atoms with van der Waals surface area (Å²) in [5.74, 6) is 0.648. The van der Waals surface area contributed by atoms with Crippen LogP contribution in [0.2, 0.25) is 0 Å². The number of nitrogens with zero attached hydrogens (tertiary/aromatic N) is 3. The SMILES string of the molecule is Cc1ccc(-c2nn(CC(=O)Nc3ncccc3C)c(=S)o2)cc1. The number of nitrogens with one attached hydrogen (secondary N) is 1. The maximum Gasteiger partial charge on any atom is 0.287 e. The van der Waals surface area contributed by atoms with Gasteiger partial charge in [0.05, 0.1) is 0 Å². The Balaban J connectivity index is 1.76. The van der Waals surface area contributed by atoms with E-state index in [0.29, 0.717) is 11.7 Å². The van der Waals surface area contributed by atoms with Gasteiger partial charge in [-0.1, -0.05) is 23.8 Å². The van der Waals surface area contributed by atoms with Crippen LogP contribution in [0, 0.1) is 18.7 Å². The molecular formula is C17H16N4O2S. The molecule has 0 saturated heterocycles. The molecule has 0 aliphatic heterocycles. The third kappa shape index (κ3) is 3.57. The van der Waals surface area contributed by atoms with Crippen LogP contribution in [-0.4, -0.2) is 20.7 Å². The minimum Gasteiger partial charge on any atom is -0.409 e. The Morgan fingerprint density at radius 3 is 2.71 bits per heavy atom. The van der Waals surface area contributed by atoms with Crippen molar-refractivity contribution in [1.82, 2.24) is 14.8 Å². The Morgan fingerprint density at radius 2 is 2.00 bits per heavy atom. The Labute approximate surface area is 144 Å². The average molecular weight is 340 g/mol. The summed E-state index contributed by atoms with van der Waals surface area (Å²) in [6.45, 7) is 3.84. The molecule has 3 aromatic rings. The van der Waals surface area contributed by atoms with Crippen LogP contribution in [0.4, 0.5) is 5.82 Å². The lowest BCUT2D eigenvalue weighted by molar-refractivity contribution is -0.117. The number of rotatable bonds is 4. The monoisotopic (exact) mass is 340 g/mol. The summed E-state index contributed by atoms with van der Waals surface area (Å²) in [6, 6.07) is 11.4. The third-order valence-corrected chi connectivity index (χ3v) is 3.76. The van der Waals surface area contributed by atoms with Crippen LogP contribution in [0.1, 0.15) is 11.1 Å². The van der Waals surface area contributed by atoms with Gasteiger partial charge in [0.1, 0.15) is 12.4 Å². The van der Waals surface area contributed by atoms with E-state index in [-0.39, 0.29) is 17.3 Å². The smallest absolute Gasteiger partial charge is 0.287 e. The zero-order chi connectivity index (χ0) is 17.1. The van der Waals surface area contributed by atoms with Gasteiger partial charge in [-0.3, -0.25) is 4.79 Å². The van der Waals surface area contributed by atoms with E-state index in [2.05, 4.69) is 15.4 Å². The summed E-state index contributed by atoms with van der Waals surface area (Å²) < 4.78 is 6.85. The molecule has 0 aliphatic rings. The highest BCUT2D eigenvalue weighted by molar-refractivity contribution is 7.71. The Morgan fingerprint density at radius 1 is 1.25 bits per heavy atom. The van der Waals surface area contributed by atoms with Crippen molar-refractivity contribution in [3.63, 3.8) is 0 Å². The van der Waals surface area contributed by atoms with E-state index in [0.717, 1.165) is 16.7 Å². The van der Waals surface area contributed by atoms with Gasteiger partial charge in [-0.2, -0.15) is 0 Å². The molecule has 3 rings (SSSR count). The van der Waals surface area contributed by atoms with E-state index in [1.807, 2.05) is 50.2 Å². The largest absolute Gasteiger partial charge is 0.409 e. The van der Waals surface area contributed by atoms with Crippen molar-refractivity contribution in [3.05, 3.63) is 58.6 Å². The predicted octanol–water partition coefficient (Wildman–Crippen LogP) is 3.52. The summed E-state index contributed by atoms with van der Waals surface area (Å²) in [7, 11) is 0. The molecule has 1 amide bonds. The molecule has 0 spiro atoms. The number of aromatic nitrogens is 3. The van der Waals surface area contributed by atoms with E-state index >= 15 is 0 Å². The van der Waals surface area contributed by atoms with Crippen LogP contribution in [-0.2, 0) is 11.3 Å². The van der Waals surface area contributed by atoms with Crippen molar-refractivity contribution in [2.24, 2.45) is 0 Å². The van der Waals surface area contributed by atoms with Gasteiger partial charge in [0.15, 0.2) is 0 Å². The molecule has 24 heavy (non-hydrogen) atoms. The van der Waals surface area contributed by atoms with Gasteiger partial charge in [0, 0.05) is 11.8 Å². The van der Waals surface area contributed by atoms with Gasteiger partial charge in [0.2, 0.25) is 11.8 Å². The van der Waals surface area contributed by atoms with Gasteiger partial charge in [-0.25, -0.2) is 9.67 Å². The fourth-order valence-electron chi connectivity index (χ4n) is 2.14. The van der Waals surface area contributed by atoms with E-state index in [1.54, 1.807) is 6.20 Å². The van der Waals surface area contributed by atoms with E-state index in [9.17, 15) is 4.79 Å². The predicted molar refractivity (Wildman–Crippen MR) is 93.1 cm³/mol. The number of benzene rings is 1. The quantitative estimate of drug-likeness (QED) is 0.736. The van der Waals surface area contributed by atoms with Crippen molar-refractivity contribution >= 4 is 23.9 Å². The average Bonchev–Trinajstić information content (AvgIpc) is 2.91. The number of carbonyl (C=O) groups excluding carboxylic acids is 1. The number of hydrogen-bond acceptors (Lipinski definition) is 5. The molecule has 0 radical (unpaired) electrons. The lowest BCUT2D eigenvalue weighted by Gasteiger charge is -2.06. The molecule has 7 heteroatoms. The van der Waals surface area contributed by atoms with Gasteiger partial charge in [-0.15, -0.1) is 5.10 Å². The zero-order valence-electron chi connectivity index (χ0n) is 13.3. The molecule has 1 aromatic carbocycles. The summed E-state index contributed by atoms with van der Waals surface area (Å²) in [5.41, 5.74) is 2.84. The fourth-order valence-corrected chi connectivity index (χ4v) is 2.33. The highest BCUT2D eigenvalue weighted by Crippen LogP contribution is 2.18. The number of anilines is 1. The molecule has 0 aliphatic carbocycles. The standard InChI is InChI=1S/C17H16N4O2S/c1-11-5-7-13(8-6-11)16-20-21(17(24)23-16)10-14(22)19-15-12(2)4-3-9-18-15/h3-9H,10H2,1-2H3,(H,18,19,22). The highest BCUT2D eigenvalue weighted by atomic mass is 32.1. The van der Waals surface area contributed by atoms with E-state index in [4.69, 9.17) is 16.6 Å². The second-order valence-electron chi connectivity index (χ2n) is 5.41. The molecule has 0 unspecified atom stereocenters. The van der Waals surface area contributed by atoms with Gasteiger partial charge in [-0.05, 0) is 49.8 Å². The molecular weight excluding hydrogens is 324 g/mol. The number of pyridine rings is 1. The van der Waals surface area contributed by atoms with E-state index < -0.39 is 0 Å². The van der Waals surface area contributed by atoms with Crippen molar-refractivity contribution in [2.45, 2.75) is 20.4 Å². The zero-order valence-corrected chi connectivity index (χ0v) is 14.1. The second-order valence-corrected chi connectivity index (χ2v) is 5.76. The minimum absolute atomic E-state index is 0.0375. The minimum atomic E-state index is -0.267. The van der Waals surface area contributed by atoms with Crippen LogP contribution in [0.15, 0.2) is 47.0 Å². The first-order valence-electron chi connectivity index (χ1n) is 7.39. The Bertz CT molecular complexity index is 928. The van der Waals surface area contributed by atoms with Gasteiger partial charge in [0.25, 0.3) is 4.84 Å². The first-order chi connectivity index (χ1) is 11.5. The normalized spacial score (nSPS) is 10.6. The molecule has 122 valence electrons. The molecule has 6 nitrogen and oxygen atoms in total. The van der Waals surface area contributed by atoms with Crippen LogP contribution >= 0.6 is 12.2 Å². The summed E-state index contributed by atoms with van der Waals surface area (Å²) in [6.07, 6.45) is 1.62. The first-order valence-corrected chi connectivity index (χ1v) is 7.80. The molecule has 0 atom stereocenters. The maximum absolute atomic E-state index is 12.2. The van der Waals surface area contributed by atoms with E-state index in [1.165, 1.54) is 4.68 Å². The first kappa shape index (κ1) is 16.1. The Hall–Kier alpha value is -2.80. The highest BCUT2D eigenvalue weighted by Gasteiger charge is 2.12. The summed E-state index contributed by atoms with van der Waals surface area (Å²) >= 11 is 5.15. The lowest BCUT2D eigenvalue weighted by Crippen LogP contribution is -2.20. The molecule has 2 aromatic heterocycles. The summed E-state index contributed by atoms with van der Waals surface area (Å²) in [5, 5.41) is 7.02. The number of amides is 1. The topological polar surface area (TPSA) is 73.0 Å². The van der Waals surface area contributed by atoms with Crippen molar-refractivity contribution in [1.29, 1.82) is 0 Å². The fraction of sp³-hybridized carbons (Fsp3) is 0.176. The molecule has 0 fully saturated rings. The van der Waals surface area contributed by atoms with Gasteiger partial charge >= 0.3 is 0 Å². The van der Waals surface area contributed by atoms with Crippen LogP contribution in [0.5, 0.6) is 0 Å². The maximum atomic E-state index is 12.2. The molecule has 1 N–H and O–H groups in total. The Kier molecular flexibility index (Phi) is 4.52. The lowest BCUT2D eigenvalue weighted by atomic mass is 10.1. The van der Waals surface area contributed by atoms with Crippen molar-refractivity contribution in [3.8, 4) is 11.5 Å². The molecule has 0 saturated carbocycles. The second kappa shape index (κ2) is 6.76. The molecule has 2 heterocycles. The van der Waals surface area contributed by atoms with Gasteiger partial charge < -0.3 is 9.73 Å². The van der Waals surface area contributed by atoms with Crippen LogP contribution in [0.25, 0.3) is 11.5 Å². The van der Waals surface area contributed by atoms with Crippen molar-refractivity contribution < 1.29 is 9.21 Å². The number of carbonyl (C=O) groups is 1. The third-order valence-electron chi connectivity index (χ3n) is 3.47. The number of hydrogen-bond donors (Lipinski definition) is 1.